The van der Waals surface area contributed by atoms with Crippen LogP contribution in [0, 0.1) is 0 Å². The molecule has 0 spiro atoms. The van der Waals surface area contributed by atoms with E-state index in [1.807, 2.05) is 19.1 Å². The molecule has 2 N–H and O–H groups in total. The molecule has 216 valence electrons. The van der Waals surface area contributed by atoms with Crippen LogP contribution in [-0.2, 0) is 28.2 Å². The van der Waals surface area contributed by atoms with Gasteiger partial charge < -0.3 is 19.3 Å². The number of carbonyl (C=O) groups excluding carboxylic acids is 2. The van der Waals surface area contributed by atoms with Gasteiger partial charge in [-0.1, -0.05) is 87.4 Å². The van der Waals surface area contributed by atoms with Crippen molar-refractivity contribution in [3.05, 3.63) is 60.8 Å². The quantitative estimate of drug-likeness (QED) is 0.0597. The van der Waals surface area contributed by atoms with Crippen LogP contribution in [-0.4, -0.2) is 41.0 Å². The van der Waals surface area contributed by atoms with Gasteiger partial charge in [0.25, 0.3) is 0 Å². The molecule has 0 saturated heterocycles. The van der Waals surface area contributed by atoms with Crippen LogP contribution in [0.4, 0.5) is 0 Å². The van der Waals surface area contributed by atoms with Crippen molar-refractivity contribution in [1.29, 1.82) is 0 Å². The van der Waals surface area contributed by atoms with Gasteiger partial charge in [-0.05, 0) is 51.4 Å². The van der Waals surface area contributed by atoms with E-state index in [0.717, 1.165) is 44.9 Å². The number of ether oxygens (including phenoxy) is 2. The molecule has 0 saturated carbocycles. The van der Waals surface area contributed by atoms with Crippen molar-refractivity contribution in [3.8, 4) is 0 Å². The zero-order valence-electron chi connectivity index (χ0n) is 23.0. The highest BCUT2D eigenvalue weighted by atomic mass is 31.2. The van der Waals surface area contributed by atoms with Crippen molar-refractivity contribution in [3.63, 3.8) is 0 Å². The van der Waals surface area contributed by atoms with Gasteiger partial charge in [0.1, 0.15) is 6.61 Å². The maximum atomic E-state index is 12.1. The van der Waals surface area contributed by atoms with Crippen molar-refractivity contribution in [2.24, 2.45) is 0 Å². The number of carbonyl (C=O) groups is 2. The lowest BCUT2D eigenvalue weighted by atomic mass is 10.2. The smallest absolute Gasteiger partial charge is 0.462 e. The molecule has 9 heteroatoms. The van der Waals surface area contributed by atoms with Gasteiger partial charge in [0.2, 0.25) is 0 Å². The number of rotatable bonds is 23. The molecule has 0 aromatic carbocycles. The first kappa shape index (κ1) is 35.8. The summed E-state index contributed by atoms with van der Waals surface area (Å²) in [4.78, 5) is 41.7. The van der Waals surface area contributed by atoms with Crippen LogP contribution in [0.25, 0.3) is 0 Å². The average molecular weight is 555 g/mol. The standard InChI is InChI=1S/C29H47O8P/c1-3-5-7-8-9-10-11-12-13-14-15-16-17-18-19-20-22-24-29(31)37-27(26-36-38(32,33)34)25-35-28(30)23-21-6-4-2/h5,7,9-10,12-13,15-16,18-19,27H,3-4,6,8,11,14,17,20-26H2,1-2H3,(H2,32,33,34)/b7-5-,10-9-,13-12-,16-15-,19-18-. The molecule has 0 amide bonds. The second-order valence-electron chi connectivity index (χ2n) is 8.64. The van der Waals surface area contributed by atoms with Crippen LogP contribution in [0.15, 0.2) is 60.8 Å². The van der Waals surface area contributed by atoms with Gasteiger partial charge in [-0.15, -0.1) is 0 Å². The first-order valence-corrected chi connectivity index (χ1v) is 15.1. The highest BCUT2D eigenvalue weighted by molar-refractivity contribution is 7.46. The van der Waals surface area contributed by atoms with Gasteiger partial charge in [-0.3, -0.25) is 14.1 Å². The summed E-state index contributed by atoms with van der Waals surface area (Å²) >= 11 is 0. The third kappa shape index (κ3) is 26.8. The molecule has 0 heterocycles. The van der Waals surface area contributed by atoms with Gasteiger partial charge in [0.15, 0.2) is 6.10 Å². The lowest BCUT2D eigenvalue weighted by molar-refractivity contribution is -0.161. The molecule has 0 aliphatic carbocycles. The Kier molecular flexibility index (Phi) is 23.6. The number of allylic oxidation sites excluding steroid dienone is 10. The molecule has 8 nitrogen and oxygen atoms in total. The topological polar surface area (TPSA) is 119 Å². The maximum Gasteiger partial charge on any atom is 0.469 e. The minimum Gasteiger partial charge on any atom is -0.462 e. The fourth-order valence-electron chi connectivity index (χ4n) is 3.05. The molecule has 0 radical (unpaired) electrons. The Hall–Kier alpha value is -2.25. The van der Waals surface area contributed by atoms with E-state index in [-0.39, 0.29) is 19.4 Å². The van der Waals surface area contributed by atoms with Crippen molar-refractivity contribution >= 4 is 19.8 Å². The van der Waals surface area contributed by atoms with Gasteiger partial charge in [-0.25, -0.2) is 4.57 Å². The molecule has 0 fully saturated rings. The summed E-state index contributed by atoms with van der Waals surface area (Å²) in [6.45, 7) is 3.27. The van der Waals surface area contributed by atoms with E-state index in [9.17, 15) is 14.2 Å². The van der Waals surface area contributed by atoms with Crippen LogP contribution >= 0.6 is 7.82 Å². The Labute approximate surface area is 228 Å². The zero-order valence-corrected chi connectivity index (χ0v) is 23.9. The lowest BCUT2D eigenvalue weighted by Crippen LogP contribution is -2.29. The van der Waals surface area contributed by atoms with Crippen LogP contribution in [0.3, 0.4) is 0 Å². The zero-order chi connectivity index (χ0) is 28.3. The van der Waals surface area contributed by atoms with Gasteiger partial charge in [-0.2, -0.15) is 0 Å². The summed E-state index contributed by atoms with van der Waals surface area (Å²) in [6.07, 6.45) is 29.0. The summed E-state index contributed by atoms with van der Waals surface area (Å²) in [7, 11) is -4.74. The third-order valence-electron chi connectivity index (χ3n) is 5.05. The van der Waals surface area contributed by atoms with E-state index < -0.39 is 32.5 Å². The van der Waals surface area contributed by atoms with Crippen LogP contribution in [0.2, 0.25) is 0 Å². The Morgan fingerprint density at radius 1 is 0.711 bits per heavy atom. The van der Waals surface area contributed by atoms with Crippen molar-refractivity contribution in [2.75, 3.05) is 13.2 Å². The Morgan fingerprint density at radius 2 is 1.24 bits per heavy atom. The van der Waals surface area contributed by atoms with E-state index in [1.54, 1.807) is 0 Å². The SMILES string of the molecule is CC/C=C\C/C=C\C/C=C\C/C=C\C/C=C\CCCC(=O)OC(COC(=O)CCCCC)COP(=O)(O)O. The average Bonchev–Trinajstić information content (AvgIpc) is 2.87. The second-order valence-corrected chi connectivity index (χ2v) is 9.88. The molecule has 0 aromatic heterocycles. The second kappa shape index (κ2) is 25.1. The number of unbranched alkanes of at least 4 members (excludes halogenated alkanes) is 3. The first-order chi connectivity index (χ1) is 18.3. The molecule has 38 heavy (non-hydrogen) atoms. The molecular weight excluding hydrogens is 507 g/mol. The number of phosphoric ester groups is 1. The Morgan fingerprint density at radius 3 is 1.76 bits per heavy atom. The highest BCUT2D eigenvalue weighted by Crippen LogP contribution is 2.35. The van der Waals surface area contributed by atoms with Gasteiger partial charge >= 0.3 is 19.8 Å². The van der Waals surface area contributed by atoms with Crippen LogP contribution < -0.4 is 0 Å². The van der Waals surface area contributed by atoms with E-state index in [1.165, 1.54) is 0 Å². The number of esters is 2. The molecule has 0 bridgehead atoms. The predicted molar refractivity (Wildman–Crippen MR) is 151 cm³/mol. The molecule has 0 rings (SSSR count). The normalized spacial score (nSPS) is 13.5. The summed E-state index contributed by atoms with van der Waals surface area (Å²) in [6, 6.07) is 0. The highest BCUT2D eigenvalue weighted by Gasteiger charge is 2.22. The third-order valence-corrected chi connectivity index (χ3v) is 5.54. The number of hydrogen-bond acceptors (Lipinski definition) is 6. The van der Waals surface area contributed by atoms with Crippen LogP contribution in [0.1, 0.15) is 90.9 Å². The summed E-state index contributed by atoms with van der Waals surface area (Å²) < 4.78 is 25.7. The van der Waals surface area contributed by atoms with E-state index >= 15 is 0 Å². The minimum atomic E-state index is -4.74. The monoisotopic (exact) mass is 554 g/mol. The molecule has 0 aromatic rings. The number of phosphoric acid groups is 1. The number of hydrogen-bond donors (Lipinski definition) is 2. The fourth-order valence-corrected chi connectivity index (χ4v) is 3.41. The van der Waals surface area contributed by atoms with Gasteiger partial charge in [0, 0.05) is 12.8 Å². The summed E-state index contributed by atoms with van der Waals surface area (Å²) in [5.74, 6) is -0.993. The van der Waals surface area contributed by atoms with E-state index in [2.05, 4.69) is 60.1 Å². The molecule has 0 aliphatic rings. The molecule has 0 aliphatic heterocycles. The molecular formula is C29H47O8P. The Balaban J connectivity index is 4.13. The summed E-state index contributed by atoms with van der Waals surface area (Å²) in [5.41, 5.74) is 0. The van der Waals surface area contributed by atoms with E-state index in [4.69, 9.17) is 19.3 Å². The minimum absolute atomic E-state index is 0.130. The largest absolute Gasteiger partial charge is 0.469 e. The van der Waals surface area contributed by atoms with E-state index in [0.29, 0.717) is 19.3 Å². The van der Waals surface area contributed by atoms with Crippen molar-refractivity contribution in [2.45, 2.75) is 97.0 Å². The van der Waals surface area contributed by atoms with Crippen LogP contribution in [0.5, 0.6) is 0 Å². The first-order valence-electron chi connectivity index (χ1n) is 13.6. The van der Waals surface area contributed by atoms with Gasteiger partial charge in [0.05, 0.1) is 6.61 Å². The fraction of sp³-hybridized carbons (Fsp3) is 0.586. The molecule has 1 atom stereocenters. The lowest BCUT2D eigenvalue weighted by Gasteiger charge is -2.18. The predicted octanol–water partition coefficient (Wildman–Crippen LogP) is 7.05. The van der Waals surface area contributed by atoms with Crippen molar-refractivity contribution < 1.29 is 37.9 Å². The van der Waals surface area contributed by atoms with Crippen molar-refractivity contribution in [1.82, 2.24) is 0 Å². The molecule has 1 unspecified atom stereocenters. The summed E-state index contributed by atoms with van der Waals surface area (Å²) in [5, 5.41) is 0. The Bertz CT molecular complexity index is 807. The maximum absolute atomic E-state index is 12.1.